The Bertz CT molecular complexity index is 403. The van der Waals surface area contributed by atoms with Crippen molar-refractivity contribution >= 4 is 11.8 Å². The van der Waals surface area contributed by atoms with Gasteiger partial charge in [0.15, 0.2) is 0 Å². The van der Waals surface area contributed by atoms with E-state index in [1.165, 1.54) is 5.56 Å². The largest absolute Gasteiger partial charge is 0.449 e. The molecule has 1 aliphatic heterocycles. The van der Waals surface area contributed by atoms with E-state index in [0.29, 0.717) is 12.5 Å². The SMILES string of the molecule is CCCOC(=O)N1CCC(C)c2ccccc21. The van der Waals surface area contributed by atoms with Crippen LogP contribution in [0.4, 0.5) is 10.5 Å². The lowest BCUT2D eigenvalue weighted by Gasteiger charge is -2.32. The highest BCUT2D eigenvalue weighted by Gasteiger charge is 2.26. The number of hydrogen-bond donors (Lipinski definition) is 0. The summed E-state index contributed by atoms with van der Waals surface area (Å²) in [6, 6.07) is 8.09. The number of hydrogen-bond acceptors (Lipinski definition) is 2. The summed E-state index contributed by atoms with van der Waals surface area (Å²) >= 11 is 0. The first-order valence-electron chi connectivity index (χ1n) is 6.27. The second-order valence-electron chi connectivity index (χ2n) is 4.51. The summed E-state index contributed by atoms with van der Waals surface area (Å²) in [5.74, 6) is 0.515. The Balaban J connectivity index is 2.21. The van der Waals surface area contributed by atoms with Gasteiger partial charge < -0.3 is 4.74 Å². The van der Waals surface area contributed by atoms with Crippen molar-refractivity contribution in [2.75, 3.05) is 18.1 Å². The van der Waals surface area contributed by atoms with Gasteiger partial charge in [-0.25, -0.2) is 4.79 Å². The number of nitrogens with zero attached hydrogens (tertiary/aromatic N) is 1. The van der Waals surface area contributed by atoms with Crippen molar-refractivity contribution in [1.29, 1.82) is 0 Å². The lowest BCUT2D eigenvalue weighted by atomic mass is 9.92. The number of carbonyl (C=O) groups excluding carboxylic acids is 1. The topological polar surface area (TPSA) is 29.5 Å². The van der Waals surface area contributed by atoms with Gasteiger partial charge in [-0.1, -0.05) is 32.0 Å². The molecule has 2 rings (SSSR count). The van der Waals surface area contributed by atoms with Crippen LogP contribution in [0.1, 0.15) is 38.2 Å². The van der Waals surface area contributed by atoms with Crippen molar-refractivity contribution in [2.24, 2.45) is 0 Å². The van der Waals surface area contributed by atoms with Gasteiger partial charge in [0, 0.05) is 6.54 Å². The third kappa shape index (κ3) is 2.43. The fraction of sp³-hybridized carbons (Fsp3) is 0.500. The molecule has 17 heavy (non-hydrogen) atoms. The lowest BCUT2D eigenvalue weighted by Crippen LogP contribution is -2.36. The zero-order valence-electron chi connectivity index (χ0n) is 10.5. The maximum absolute atomic E-state index is 11.9. The number of para-hydroxylation sites is 1. The van der Waals surface area contributed by atoms with Crippen LogP contribution < -0.4 is 4.90 Å². The highest BCUT2D eigenvalue weighted by atomic mass is 16.6. The molecule has 0 N–H and O–H groups in total. The summed E-state index contributed by atoms with van der Waals surface area (Å²) in [7, 11) is 0. The highest BCUT2D eigenvalue weighted by Crippen LogP contribution is 2.34. The molecule has 1 aromatic carbocycles. The molecule has 3 heteroatoms. The second kappa shape index (κ2) is 5.21. The summed E-state index contributed by atoms with van der Waals surface area (Å²) in [5, 5.41) is 0. The molecular weight excluding hydrogens is 214 g/mol. The predicted molar refractivity (Wildman–Crippen MR) is 68.5 cm³/mol. The Morgan fingerprint density at radius 1 is 1.47 bits per heavy atom. The summed E-state index contributed by atoms with van der Waals surface area (Å²) in [4.78, 5) is 13.7. The van der Waals surface area contributed by atoms with Gasteiger partial charge in [-0.05, 0) is 30.4 Å². The third-order valence-electron chi connectivity index (χ3n) is 3.19. The van der Waals surface area contributed by atoms with Gasteiger partial charge in [0.1, 0.15) is 0 Å². The van der Waals surface area contributed by atoms with Gasteiger partial charge in [-0.15, -0.1) is 0 Å². The maximum atomic E-state index is 11.9. The molecule has 0 spiro atoms. The number of amides is 1. The van der Waals surface area contributed by atoms with Crippen molar-refractivity contribution in [3.8, 4) is 0 Å². The van der Waals surface area contributed by atoms with Gasteiger partial charge in [0.25, 0.3) is 0 Å². The smallest absolute Gasteiger partial charge is 0.414 e. The Morgan fingerprint density at radius 2 is 2.24 bits per heavy atom. The number of anilines is 1. The predicted octanol–water partition coefficient (Wildman–Crippen LogP) is 3.55. The van der Waals surface area contributed by atoms with Crippen LogP contribution in [-0.4, -0.2) is 19.2 Å². The van der Waals surface area contributed by atoms with E-state index in [0.717, 1.165) is 25.1 Å². The van der Waals surface area contributed by atoms with Crippen molar-refractivity contribution in [3.05, 3.63) is 29.8 Å². The summed E-state index contributed by atoms with van der Waals surface area (Å²) < 4.78 is 5.21. The summed E-state index contributed by atoms with van der Waals surface area (Å²) in [6.45, 7) is 5.45. The number of rotatable bonds is 2. The molecule has 92 valence electrons. The van der Waals surface area contributed by atoms with Crippen molar-refractivity contribution in [3.63, 3.8) is 0 Å². The van der Waals surface area contributed by atoms with Gasteiger partial charge in [-0.3, -0.25) is 4.90 Å². The van der Waals surface area contributed by atoms with Crippen LogP contribution in [0.2, 0.25) is 0 Å². The number of ether oxygens (including phenoxy) is 1. The van der Waals surface area contributed by atoms with Crippen molar-refractivity contribution in [1.82, 2.24) is 0 Å². The van der Waals surface area contributed by atoms with E-state index in [9.17, 15) is 4.79 Å². The minimum Gasteiger partial charge on any atom is -0.449 e. The van der Waals surface area contributed by atoms with Crippen molar-refractivity contribution < 1.29 is 9.53 Å². The Kier molecular flexibility index (Phi) is 3.67. The van der Waals surface area contributed by atoms with E-state index in [-0.39, 0.29) is 6.09 Å². The fourth-order valence-corrected chi connectivity index (χ4v) is 2.21. The van der Waals surface area contributed by atoms with E-state index in [4.69, 9.17) is 4.74 Å². The third-order valence-corrected chi connectivity index (χ3v) is 3.19. The average molecular weight is 233 g/mol. The minimum absolute atomic E-state index is 0.216. The van der Waals surface area contributed by atoms with Crippen LogP contribution in [-0.2, 0) is 4.74 Å². The van der Waals surface area contributed by atoms with Gasteiger partial charge in [0.05, 0.1) is 12.3 Å². The molecule has 0 radical (unpaired) electrons. The number of fused-ring (bicyclic) bond motifs is 1. The molecule has 0 saturated carbocycles. The number of benzene rings is 1. The van der Waals surface area contributed by atoms with Gasteiger partial charge in [-0.2, -0.15) is 0 Å². The first kappa shape index (κ1) is 12.0. The molecule has 0 saturated heterocycles. The standard InChI is InChI=1S/C14H19NO2/c1-3-10-17-14(16)15-9-8-11(2)12-6-4-5-7-13(12)15/h4-7,11H,3,8-10H2,1-2H3. The molecular formula is C14H19NO2. The zero-order chi connectivity index (χ0) is 12.3. The molecule has 1 atom stereocenters. The second-order valence-corrected chi connectivity index (χ2v) is 4.51. The molecule has 0 aromatic heterocycles. The van der Waals surface area contributed by atoms with E-state index in [2.05, 4.69) is 13.0 Å². The van der Waals surface area contributed by atoms with Crippen LogP contribution in [0.3, 0.4) is 0 Å². The lowest BCUT2D eigenvalue weighted by molar-refractivity contribution is 0.153. The molecule has 1 amide bonds. The Labute approximate surface area is 102 Å². The van der Waals surface area contributed by atoms with E-state index >= 15 is 0 Å². The van der Waals surface area contributed by atoms with Crippen LogP contribution >= 0.6 is 0 Å². The first-order valence-corrected chi connectivity index (χ1v) is 6.27. The Morgan fingerprint density at radius 3 is 3.00 bits per heavy atom. The van der Waals surface area contributed by atoms with Crippen LogP contribution in [0.5, 0.6) is 0 Å². The van der Waals surface area contributed by atoms with Crippen LogP contribution in [0.25, 0.3) is 0 Å². The molecule has 0 bridgehead atoms. The van der Waals surface area contributed by atoms with E-state index in [1.54, 1.807) is 4.90 Å². The number of carbonyl (C=O) groups is 1. The van der Waals surface area contributed by atoms with E-state index < -0.39 is 0 Å². The normalized spacial score (nSPS) is 18.7. The minimum atomic E-state index is -0.216. The molecule has 0 fully saturated rings. The molecule has 3 nitrogen and oxygen atoms in total. The Hall–Kier alpha value is -1.51. The quantitative estimate of drug-likeness (QED) is 0.781. The summed E-state index contributed by atoms with van der Waals surface area (Å²) in [5.41, 5.74) is 2.25. The van der Waals surface area contributed by atoms with Gasteiger partial charge >= 0.3 is 6.09 Å². The van der Waals surface area contributed by atoms with Crippen LogP contribution in [0, 0.1) is 0 Å². The fourth-order valence-electron chi connectivity index (χ4n) is 2.21. The summed E-state index contributed by atoms with van der Waals surface area (Å²) in [6.07, 6.45) is 1.64. The van der Waals surface area contributed by atoms with Crippen LogP contribution in [0.15, 0.2) is 24.3 Å². The molecule has 1 aromatic rings. The molecule has 1 unspecified atom stereocenters. The highest BCUT2D eigenvalue weighted by molar-refractivity contribution is 5.89. The molecule has 0 aliphatic carbocycles. The average Bonchev–Trinajstić information content (AvgIpc) is 2.37. The molecule has 1 heterocycles. The van der Waals surface area contributed by atoms with E-state index in [1.807, 2.05) is 25.1 Å². The first-order chi connectivity index (χ1) is 8.24. The van der Waals surface area contributed by atoms with Gasteiger partial charge in [0.2, 0.25) is 0 Å². The van der Waals surface area contributed by atoms with Crippen molar-refractivity contribution in [2.45, 2.75) is 32.6 Å². The maximum Gasteiger partial charge on any atom is 0.414 e. The monoisotopic (exact) mass is 233 g/mol. The molecule has 1 aliphatic rings. The zero-order valence-corrected chi connectivity index (χ0v) is 10.5.